The molecular formula is C14H14BrCl2NO3S2. The number of ether oxygens (including phenoxy) is 1. The summed E-state index contributed by atoms with van der Waals surface area (Å²) in [4.78, 5) is -0.0211. The molecule has 1 aromatic heterocycles. The predicted molar refractivity (Wildman–Crippen MR) is 98.5 cm³/mol. The summed E-state index contributed by atoms with van der Waals surface area (Å²) in [6.07, 6.45) is 0.502. The molecule has 0 amide bonds. The molecule has 0 radical (unpaired) electrons. The maximum absolute atomic E-state index is 12.4. The molecule has 0 atom stereocenters. The molecule has 0 aliphatic rings. The van der Waals surface area contributed by atoms with Crippen LogP contribution in [0.4, 0.5) is 0 Å². The number of rotatable bonds is 7. The molecule has 0 saturated carbocycles. The van der Waals surface area contributed by atoms with Crippen LogP contribution in [-0.4, -0.2) is 21.6 Å². The van der Waals surface area contributed by atoms with Gasteiger partial charge in [0.2, 0.25) is 10.0 Å². The minimum absolute atomic E-state index is 0.0211. The Balaban J connectivity index is 2.09. The third-order valence-electron chi connectivity index (χ3n) is 2.96. The quantitative estimate of drug-likeness (QED) is 0.651. The monoisotopic (exact) mass is 457 g/mol. The van der Waals surface area contributed by atoms with Crippen molar-refractivity contribution in [1.82, 2.24) is 4.72 Å². The lowest BCUT2D eigenvalue weighted by Gasteiger charge is -2.11. The molecule has 0 fully saturated rings. The van der Waals surface area contributed by atoms with Gasteiger partial charge in [-0.1, -0.05) is 41.4 Å². The number of halogens is 3. The van der Waals surface area contributed by atoms with Gasteiger partial charge < -0.3 is 4.74 Å². The van der Waals surface area contributed by atoms with Gasteiger partial charge in [0.1, 0.15) is 19.3 Å². The number of thiophene rings is 1. The Morgan fingerprint density at radius 3 is 2.57 bits per heavy atom. The molecule has 0 aliphatic heterocycles. The Morgan fingerprint density at radius 1 is 1.26 bits per heavy atom. The minimum atomic E-state index is -3.74. The standard InChI is InChI=1S/C14H14BrCl2NO3S2/c1-2-21-10-6-4-3-5-9(10)7-8-18-23(19,20)12-11(15)13(16)22-14(12)17/h3-6,18H,2,7-8H2,1H3. The maximum Gasteiger partial charge on any atom is 0.244 e. The summed E-state index contributed by atoms with van der Waals surface area (Å²) >= 11 is 16.0. The highest BCUT2D eigenvalue weighted by Crippen LogP contribution is 2.42. The number of nitrogens with one attached hydrogen (secondary N) is 1. The minimum Gasteiger partial charge on any atom is -0.494 e. The zero-order valence-corrected chi connectivity index (χ0v) is 16.8. The molecule has 126 valence electrons. The van der Waals surface area contributed by atoms with Crippen LogP contribution in [0.25, 0.3) is 0 Å². The van der Waals surface area contributed by atoms with Gasteiger partial charge in [0.15, 0.2) is 0 Å². The van der Waals surface area contributed by atoms with E-state index in [1.165, 1.54) is 0 Å². The molecule has 2 aromatic rings. The van der Waals surface area contributed by atoms with Gasteiger partial charge >= 0.3 is 0 Å². The van der Waals surface area contributed by atoms with E-state index < -0.39 is 10.0 Å². The second-order valence-electron chi connectivity index (χ2n) is 4.48. The third kappa shape index (κ3) is 4.61. The van der Waals surface area contributed by atoms with Crippen molar-refractivity contribution in [2.45, 2.75) is 18.2 Å². The van der Waals surface area contributed by atoms with Crippen molar-refractivity contribution in [3.8, 4) is 5.75 Å². The molecule has 9 heteroatoms. The van der Waals surface area contributed by atoms with E-state index in [1.807, 2.05) is 31.2 Å². The van der Waals surface area contributed by atoms with Crippen LogP contribution in [0.2, 0.25) is 8.67 Å². The van der Waals surface area contributed by atoms with Crippen molar-refractivity contribution in [2.24, 2.45) is 0 Å². The van der Waals surface area contributed by atoms with Crippen LogP contribution < -0.4 is 9.46 Å². The van der Waals surface area contributed by atoms with Crippen LogP contribution >= 0.6 is 50.5 Å². The summed E-state index contributed by atoms with van der Waals surface area (Å²) in [5.41, 5.74) is 0.936. The van der Waals surface area contributed by atoms with Crippen LogP contribution in [0, 0.1) is 0 Å². The van der Waals surface area contributed by atoms with Gasteiger partial charge in [0.25, 0.3) is 0 Å². The first-order chi connectivity index (χ1) is 10.9. The van der Waals surface area contributed by atoms with Gasteiger partial charge in [-0.2, -0.15) is 0 Å². The largest absolute Gasteiger partial charge is 0.494 e. The molecule has 23 heavy (non-hydrogen) atoms. The van der Waals surface area contributed by atoms with Crippen LogP contribution in [0.5, 0.6) is 5.75 Å². The summed E-state index contributed by atoms with van der Waals surface area (Å²) in [5.74, 6) is 0.756. The van der Waals surface area contributed by atoms with Gasteiger partial charge in [-0.25, -0.2) is 13.1 Å². The van der Waals surface area contributed by atoms with E-state index in [0.717, 1.165) is 22.6 Å². The smallest absolute Gasteiger partial charge is 0.244 e. The number of benzene rings is 1. The van der Waals surface area contributed by atoms with Crippen LogP contribution in [-0.2, 0) is 16.4 Å². The molecular weight excluding hydrogens is 445 g/mol. The SMILES string of the molecule is CCOc1ccccc1CCNS(=O)(=O)c1c(Cl)sc(Cl)c1Br. The van der Waals surface area contributed by atoms with E-state index in [4.69, 9.17) is 27.9 Å². The Hall–Kier alpha value is -0.310. The molecule has 1 N–H and O–H groups in total. The molecule has 1 heterocycles. The van der Waals surface area contributed by atoms with Crippen LogP contribution in [0.1, 0.15) is 12.5 Å². The highest BCUT2D eigenvalue weighted by molar-refractivity contribution is 9.10. The topological polar surface area (TPSA) is 55.4 Å². The third-order valence-corrected chi connectivity index (χ3v) is 7.88. The first kappa shape index (κ1) is 19.0. The summed E-state index contributed by atoms with van der Waals surface area (Å²) < 4.78 is 33.5. The maximum atomic E-state index is 12.4. The van der Waals surface area contributed by atoms with Crippen molar-refractivity contribution in [1.29, 1.82) is 0 Å². The number of hydrogen-bond donors (Lipinski definition) is 1. The zero-order valence-electron chi connectivity index (χ0n) is 12.1. The summed E-state index contributed by atoms with van der Waals surface area (Å²) in [5, 5.41) is 0. The summed E-state index contributed by atoms with van der Waals surface area (Å²) in [7, 11) is -3.74. The van der Waals surface area contributed by atoms with Crippen molar-refractivity contribution in [3.05, 3.63) is 43.0 Å². The highest BCUT2D eigenvalue weighted by atomic mass is 79.9. The average Bonchev–Trinajstić information content (AvgIpc) is 2.74. The Bertz CT molecular complexity index is 793. The molecule has 0 bridgehead atoms. The molecule has 0 spiro atoms. The molecule has 4 nitrogen and oxygen atoms in total. The first-order valence-corrected chi connectivity index (χ1v) is 10.5. The van der Waals surface area contributed by atoms with E-state index in [2.05, 4.69) is 20.7 Å². The van der Waals surface area contributed by atoms with Crippen molar-refractivity contribution >= 4 is 60.5 Å². The summed E-state index contributed by atoms with van der Waals surface area (Å²) in [6, 6.07) is 7.53. The number of para-hydroxylation sites is 1. The highest BCUT2D eigenvalue weighted by Gasteiger charge is 2.25. The zero-order chi connectivity index (χ0) is 17.0. The van der Waals surface area contributed by atoms with E-state index in [1.54, 1.807) is 0 Å². The van der Waals surface area contributed by atoms with Gasteiger partial charge in [0, 0.05) is 6.54 Å². The fourth-order valence-electron chi connectivity index (χ4n) is 1.97. The lowest BCUT2D eigenvalue weighted by atomic mass is 10.1. The molecule has 2 rings (SSSR count). The molecule has 1 aromatic carbocycles. The van der Waals surface area contributed by atoms with E-state index >= 15 is 0 Å². The summed E-state index contributed by atoms with van der Waals surface area (Å²) in [6.45, 7) is 2.68. The second kappa shape index (κ2) is 8.18. The van der Waals surface area contributed by atoms with E-state index in [-0.39, 0.29) is 20.2 Å². The van der Waals surface area contributed by atoms with Crippen molar-refractivity contribution in [2.75, 3.05) is 13.2 Å². The van der Waals surface area contributed by atoms with Crippen LogP contribution in [0.3, 0.4) is 0 Å². The fraction of sp³-hybridized carbons (Fsp3) is 0.286. The Labute approximate surface area is 157 Å². The van der Waals surface area contributed by atoms with Crippen molar-refractivity contribution in [3.63, 3.8) is 0 Å². The average molecular weight is 459 g/mol. The Kier molecular flexibility index (Phi) is 6.77. The lowest BCUT2D eigenvalue weighted by molar-refractivity contribution is 0.336. The lowest BCUT2D eigenvalue weighted by Crippen LogP contribution is -2.26. The van der Waals surface area contributed by atoms with Gasteiger partial charge in [0.05, 0.1) is 11.1 Å². The molecule has 0 unspecified atom stereocenters. The second-order valence-corrected chi connectivity index (χ2v) is 9.20. The predicted octanol–water partition coefficient (Wildman–Crippen LogP) is 4.74. The number of hydrogen-bond acceptors (Lipinski definition) is 4. The van der Waals surface area contributed by atoms with Gasteiger partial charge in [-0.05, 0) is 40.9 Å². The van der Waals surface area contributed by atoms with E-state index in [0.29, 0.717) is 17.4 Å². The van der Waals surface area contributed by atoms with Gasteiger partial charge in [-0.15, -0.1) is 11.3 Å². The normalized spacial score (nSPS) is 11.7. The Morgan fingerprint density at radius 2 is 1.96 bits per heavy atom. The van der Waals surface area contributed by atoms with Crippen molar-refractivity contribution < 1.29 is 13.2 Å². The fourth-order valence-corrected chi connectivity index (χ4v) is 6.55. The molecule has 0 aliphatic carbocycles. The van der Waals surface area contributed by atoms with Crippen LogP contribution in [0.15, 0.2) is 33.6 Å². The molecule has 0 saturated heterocycles. The number of sulfonamides is 1. The van der Waals surface area contributed by atoms with E-state index in [9.17, 15) is 8.42 Å². The van der Waals surface area contributed by atoms with Gasteiger partial charge in [-0.3, -0.25) is 0 Å². The first-order valence-electron chi connectivity index (χ1n) is 6.70.